The van der Waals surface area contributed by atoms with Crippen LogP contribution in [-0.2, 0) is 6.42 Å². The fourth-order valence-corrected chi connectivity index (χ4v) is 2.56. The Bertz CT molecular complexity index is 595. The van der Waals surface area contributed by atoms with Gasteiger partial charge in [-0.3, -0.25) is 0 Å². The molecule has 2 aromatic rings. The van der Waals surface area contributed by atoms with Gasteiger partial charge >= 0.3 is 0 Å². The molecule has 1 atom stereocenters. The third-order valence-corrected chi connectivity index (χ3v) is 3.92. The fourth-order valence-electron chi connectivity index (χ4n) is 2.15. The summed E-state index contributed by atoms with van der Waals surface area (Å²) in [5.74, 6) is -0.285. The summed E-state index contributed by atoms with van der Waals surface area (Å²) >= 11 is 3.32. The van der Waals surface area contributed by atoms with Crippen molar-refractivity contribution < 1.29 is 9.50 Å². The van der Waals surface area contributed by atoms with Crippen molar-refractivity contribution >= 4 is 15.9 Å². The molecule has 2 aromatic carbocycles. The Balaban J connectivity index is 2.28. The molecule has 0 heterocycles. The molecule has 0 saturated carbocycles. The van der Waals surface area contributed by atoms with Gasteiger partial charge < -0.3 is 5.11 Å². The number of benzene rings is 2. The first kappa shape index (κ1) is 14.2. The summed E-state index contributed by atoms with van der Waals surface area (Å²) in [5.41, 5.74) is 3.57. The van der Waals surface area contributed by atoms with Crippen LogP contribution in [0.15, 0.2) is 40.9 Å². The standard InChI is InChI=1S/C16H16BrFO/c1-10-4-3-5-14(11(10)2)16(19)9-12-8-13(17)6-7-15(12)18/h3-8,16,19H,9H2,1-2H3. The maximum atomic E-state index is 13.7. The second kappa shape index (κ2) is 5.85. The van der Waals surface area contributed by atoms with Crippen molar-refractivity contribution in [1.29, 1.82) is 0 Å². The summed E-state index contributed by atoms with van der Waals surface area (Å²) in [6, 6.07) is 10.6. The van der Waals surface area contributed by atoms with Crippen molar-refractivity contribution in [3.63, 3.8) is 0 Å². The Morgan fingerprint density at radius 2 is 1.95 bits per heavy atom. The zero-order valence-electron chi connectivity index (χ0n) is 11.0. The van der Waals surface area contributed by atoms with E-state index in [2.05, 4.69) is 15.9 Å². The summed E-state index contributed by atoms with van der Waals surface area (Å²) in [7, 11) is 0. The van der Waals surface area contributed by atoms with Gasteiger partial charge in [-0.15, -0.1) is 0 Å². The predicted molar refractivity (Wildman–Crippen MR) is 78.7 cm³/mol. The van der Waals surface area contributed by atoms with Crippen LogP contribution in [0.3, 0.4) is 0 Å². The summed E-state index contributed by atoms with van der Waals surface area (Å²) in [5, 5.41) is 10.3. The van der Waals surface area contributed by atoms with Crippen LogP contribution in [0.2, 0.25) is 0 Å². The first-order chi connectivity index (χ1) is 8.99. The molecule has 3 heteroatoms. The minimum atomic E-state index is -0.691. The van der Waals surface area contributed by atoms with Gasteiger partial charge in [-0.05, 0) is 54.3 Å². The van der Waals surface area contributed by atoms with E-state index in [0.717, 1.165) is 21.2 Å². The molecular formula is C16H16BrFO. The van der Waals surface area contributed by atoms with E-state index in [0.29, 0.717) is 5.56 Å². The van der Waals surface area contributed by atoms with Crippen LogP contribution >= 0.6 is 15.9 Å². The lowest BCUT2D eigenvalue weighted by atomic mass is 9.95. The van der Waals surface area contributed by atoms with E-state index in [1.165, 1.54) is 6.07 Å². The Morgan fingerprint density at radius 3 is 2.68 bits per heavy atom. The summed E-state index contributed by atoms with van der Waals surface area (Å²) in [6.07, 6.45) is -0.418. The summed E-state index contributed by atoms with van der Waals surface area (Å²) in [6.45, 7) is 3.98. The van der Waals surface area contributed by atoms with Gasteiger partial charge in [0.2, 0.25) is 0 Å². The molecule has 0 aromatic heterocycles. The molecular weight excluding hydrogens is 307 g/mol. The Morgan fingerprint density at radius 1 is 1.21 bits per heavy atom. The van der Waals surface area contributed by atoms with Gasteiger partial charge in [-0.1, -0.05) is 34.1 Å². The highest BCUT2D eigenvalue weighted by Crippen LogP contribution is 2.26. The number of hydrogen-bond donors (Lipinski definition) is 1. The average Bonchev–Trinajstić information content (AvgIpc) is 2.37. The highest BCUT2D eigenvalue weighted by atomic mass is 79.9. The third-order valence-electron chi connectivity index (χ3n) is 3.43. The van der Waals surface area contributed by atoms with Crippen molar-refractivity contribution in [1.82, 2.24) is 0 Å². The third kappa shape index (κ3) is 3.23. The van der Waals surface area contributed by atoms with Crippen LogP contribution in [0.5, 0.6) is 0 Å². The minimum Gasteiger partial charge on any atom is -0.388 e. The van der Waals surface area contributed by atoms with Crippen LogP contribution in [-0.4, -0.2) is 5.11 Å². The van der Waals surface area contributed by atoms with Crippen LogP contribution in [0.4, 0.5) is 4.39 Å². The lowest BCUT2D eigenvalue weighted by molar-refractivity contribution is 0.176. The van der Waals surface area contributed by atoms with Crippen molar-refractivity contribution in [2.24, 2.45) is 0 Å². The molecule has 0 aliphatic carbocycles. The molecule has 1 N–H and O–H groups in total. The van der Waals surface area contributed by atoms with Gasteiger partial charge in [0.1, 0.15) is 5.82 Å². The van der Waals surface area contributed by atoms with Gasteiger partial charge in [0, 0.05) is 10.9 Å². The highest BCUT2D eigenvalue weighted by molar-refractivity contribution is 9.10. The molecule has 2 rings (SSSR count). The number of aliphatic hydroxyl groups excluding tert-OH is 1. The molecule has 0 amide bonds. The second-order valence-corrected chi connectivity index (χ2v) is 5.66. The van der Waals surface area contributed by atoms with Crippen LogP contribution in [0.25, 0.3) is 0 Å². The number of aliphatic hydroxyl groups is 1. The van der Waals surface area contributed by atoms with Crippen molar-refractivity contribution in [2.75, 3.05) is 0 Å². The molecule has 0 fully saturated rings. The number of rotatable bonds is 3. The first-order valence-corrected chi connectivity index (χ1v) is 6.96. The van der Waals surface area contributed by atoms with E-state index in [9.17, 15) is 9.50 Å². The molecule has 0 radical (unpaired) electrons. The topological polar surface area (TPSA) is 20.2 Å². The SMILES string of the molecule is Cc1cccc(C(O)Cc2cc(Br)ccc2F)c1C. The van der Waals surface area contributed by atoms with Crippen molar-refractivity contribution in [2.45, 2.75) is 26.4 Å². The molecule has 0 spiro atoms. The van der Waals surface area contributed by atoms with E-state index >= 15 is 0 Å². The molecule has 0 aliphatic heterocycles. The van der Waals surface area contributed by atoms with E-state index in [4.69, 9.17) is 0 Å². The maximum absolute atomic E-state index is 13.7. The molecule has 0 bridgehead atoms. The second-order valence-electron chi connectivity index (χ2n) is 4.74. The smallest absolute Gasteiger partial charge is 0.126 e. The predicted octanol–water partition coefficient (Wildman–Crippen LogP) is 4.48. The molecule has 1 nitrogen and oxygen atoms in total. The van der Waals surface area contributed by atoms with E-state index in [1.807, 2.05) is 32.0 Å². The van der Waals surface area contributed by atoms with Gasteiger partial charge in [-0.25, -0.2) is 4.39 Å². The van der Waals surface area contributed by atoms with Gasteiger partial charge in [0.15, 0.2) is 0 Å². The average molecular weight is 323 g/mol. The van der Waals surface area contributed by atoms with Crippen LogP contribution in [0.1, 0.15) is 28.4 Å². The molecule has 1 unspecified atom stereocenters. The minimum absolute atomic E-state index is 0.273. The summed E-state index contributed by atoms with van der Waals surface area (Å²) in [4.78, 5) is 0. The van der Waals surface area contributed by atoms with E-state index < -0.39 is 6.10 Å². The Labute approximate surface area is 121 Å². The molecule has 0 saturated heterocycles. The zero-order valence-corrected chi connectivity index (χ0v) is 12.5. The van der Waals surface area contributed by atoms with E-state index in [-0.39, 0.29) is 12.2 Å². The lowest BCUT2D eigenvalue weighted by Crippen LogP contribution is -2.06. The van der Waals surface area contributed by atoms with Crippen LogP contribution < -0.4 is 0 Å². The fraction of sp³-hybridized carbons (Fsp3) is 0.250. The highest BCUT2D eigenvalue weighted by Gasteiger charge is 2.14. The largest absolute Gasteiger partial charge is 0.388 e. The van der Waals surface area contributed by atoms with E-state index in [1.54, 1.807) is 12.1 Å². The molecule has 19 heavy (non-hydrogen) atoms. The number of halogens is 2. The quantitative estimate of drug-likeness (QED) is 0.883. The monoisotopic (exact) mass is 322 g/mol. The zero-order chi connectivity index (χ0) is 14.0. The van der Waals surface area contributed by atoms with Crippen molar-refractivity contribution in [3.8, 4) is 0 Å². The van der Waals surface area contributed by atoms with Gasteiger partial charge in [0.05, 0.1) is 6.10 Å². The molecule has 100 valence electrons. The Kier molecular flexibility index (Phi) is 4.38. The molecule has 0 aliphatic rings. The van der Waals surface area contributed by atoms with Crippen molar-refractivity contribution in [3.05, 3.63) is 68.9 Å². The normalized spacial score (nSPS) is 12.5. The van der Waals surface area contributed by atoms with Crippen LogP contribution in [0, 0.1) is 19.7 Å². The summed E-state index contributed by atoms with van der Waals surface area (Å²) < 4.78 is 14.5. The Hall–Kier alpha value is -1.19. The van der Waals surface area contributed by atoms with Gasteiger partial charge in [-0.2, -0.15) is 0 Å². The van der Waals surface area contributed by atoms with Gasteiger partial charge in [0.25, 0.3) is 0 Å². The number of hydrogen-bond acceptors (Lipinski definition) is 1. The first-order valence-electron chi connectivity index (χ1n) is 6.17. The maximum Gasteiger partial charge on any atom is 0.126 e. The number of aryl methyl sites for hydroxylation is 1. The lowest BCUT2D eigenvalue weighted by Gasteiger charge is -2.16.